The van der Waals surface area contributed by atoms with Gasteiger partial charge in [-0.2, -0.15) is 0 Å². The van der Waals surface area contributed by atoms with E-state index < -0.39 is 17.6 Å². The van der Waals surface area contributed by atoms with Gasteiger partial charge in [-0.25, -0.2) is 4.99 Å². The summed E-state index contributed by atoms with van der Waals surface area (Å²) in [6, 6.07) is 16.6. The first-order valence-electron chi connectivity index (χ1n) is 16.1. The molecule has 2 amide bonds. The summed E-state index contributed by atoms with van der Waals surface area (Å²) in [6.07, 6.45) is 6.13. The summed E-state index contributed by atoms with van der Waals surface area (Å²) in [4.78, 5) is 38.5. The lowest BCUT2D eigenvalue weighted by molar-refractivity contribution is -0.144. The van der Waals surface area contributed by atoms with Crippen LogP contribution < -0.4 is 11.1 Å². The highest BCUT2D eigenvalue weighted by atomic mass is 35.5. The van der Waals surface area contributed by atoms with Crippen molar-refractivity contribution in [1.82, 2.24) is 20.0 Å². The Kier molecular flexibility index (Phi) is 10.8. The molecule has 9 nitrogen and oxygen atoms in total. The van der Waals surface area contributed by atoms with E-state index in [1.165, 1.54) is 32.4 Å². The number of hydrogen-bond donors (Lipinski definition) is 2. The van der Waals surface area contributed by atoms with Gasteiger partial charge in [-0.15, -0.1) is 0 Å². The predicted octanol–water partition coefficient (Wildman–Crippen LogP) is 4.36. The van der Waals surface area contributed by atoms with Crippen LogP contribution in [0.1, 0.15) is 69.6 Å². The maximum Gasteiger partial charge on any atom is 0.288 e. The van der Waals surface area contributed by atoms with E-state index in [1.54, 1.807) is 11.0 Å². The van der Waals surface area contributed by atoms with Gasteiger partial charge in [-0.3, -0.25) is 9.59 Å². The molecule has 3 atom stereocenters. The molecule has 2 aromatic rings. The Bertz CT molecular complexity index is 1300. The summed E-state index contributed by atoms with van der Waals surface area (Å²) in [5, 5.41) is 3.63. The number of aliphatic imine (C=N–C) groups is 1. The van der Waals surface area contributed by atoms with Gasteiger partial charge in [0, 0.05) is 24.7 Å². The molecular weight excluding hydrogens is 576 g/mol. The maximum absolute atomic E-state index is 13.7. The van der Waals surface area contributed by atoms with Crippen molar-refractivity contribution in [3.8, 4) is 0 Å². The van der Waals surface area contributed by atoms with Crippen LogP contribution in [-0.4, -0.2) is 89.4 Å². The molecule has 0 spiro atoms. The van der Waals surface area contributed by atoms with E-state index in [9.17, 15) is 9.59 Å². The molecule has 5 rings (SSSR count). The van der Waals surface area contributed by atoms with Crippen molar-refractivity contribution in [2.45, 2.75) is 82.6 Å². The van der Waals surface area contributed by atoms with Gasteiger partial charge >= 0.3 is 0 Å². The molecule has 3 heterocycles. The van der Waals surface area contributed by atoms with Crippen LogP contribution in [0.2, 0.25) is 5.02 Å². The molecular formula is C34H47ClN6O3. The Labute approximate surface area is 266 Å². The van der Waals surface area contributed by atoms with Gasteiger partial charge in [-0.05, 0) is 82.4 Å². The number of carbonyl (C=O) groups is 2. The highest BCUT2D eigenvalue weighted by molar-refractivity contribution is 6.30. The molecule has 0 aliphatic carbocycles. The van der Waals surface area contributed by atoms with E-state index in [1.807, 2.05) is 53.4 Å². The van der Waals surface area contributed by atoms with Crippen molar-refractivity contribution >= 4 is 29.4 Å². The normalized spacial score (nSPS) is 22.7. The van der Waals surface area contributed by atoms with Crippen LogP contribution in [0.3, 0.4) is 0 Å². The van der Waals surface area contributed by atoms with Crippen LogP contribution in [0.4, 0.5) is 0 Å². The predicted molar refractivity (Wildman–Crippen MR) is 174 cm³/mol. The third-order valence-corrected chi connectivity index (χ3v) is 9.18. The van der Waals surface area contributed by atoms with Crippen LogP contribution >= 0.6 is 11.6 Å². The van der Waals surface area contributed by atoms with E-state index in [4.69, 9.17) is 27.1 Å². The first kappa shape index (κ1) is 32.3. The number of ether oxygens (including phenoxy) is 1. The molecule has 10 heteroatoms. The summed E-state index contributed by atoms with van der Waals surface area (Å²) in [7, 11) is 0. The average Bonchev–Trinajstić information content (AvgIpc) is 3.37. The molecule has 1 unspecified atom stereocenters. The number of piperidine rings is 1. The molecule has 2 fully saturated rings. The number of carbonyl (C=O) groups excluding carboxylic acids is 2. The van der Waals surface area contributed by atoms with Gasteiger partial charge < -0.3 is 30.5 Å². The van der Waals surface area contributed by atoms with Gasteiger partial charge in [0.15, 0.2) is 6.10 Å². The van der Waals surface area contributed by atoms with Crippen molar-refractivity contribution in [2.75, 3.05) is 39.3 Å². The average molecular weight is 623 g/mol. The smallest absolute Gasteiger partial charge is 0.288 e. The number of benzene rings is 2. The third-order valence-electron chi connectivity index (χ3n) is 8.95. The number of rotatable bonds is 10. The number of likely N-dealkylation sites (tertiary alicyclic amines) is 1. The summed E-state index contributed by atoms with van der Waals surface area (Å²) in [5.41, 5.74) is 7.93. The van der Waals surface area contributed by atoms with Crippen molar-refractivity contribution in [3.05, 3.63) is 70.7 Å². The van der Waals surface area contributed by atoms with Gasteiger partial charge in [-0.1, -0.05) is 66.9 Å². The minimum atomic E-state index is -0.736. The molecule has 0 bridgehead atoms. The quantitative estimate of drug-likeness (QED) is 0.382. The minimum absolute atomic E-state index is 0.178. The van der Waals surface area contributed by atoms with Gasteiger partial charge in [0.2, 0.25) is 11.8 Å². The monoisotopic (exact) mass is 622 g/mol. The molecule has 238 valence electrons. The van der Waals surface area contributed by atoms with E-state index in [0.717, 1.165) is 30.5 Å². The number of amides is 2. The summed E-state index contributed by atoms with van der Waals surface area (Å²) in [5.74, 6) is -0.417. The summed E-state index contributed by atoms with van der Waals surface area (Å²) < 4.78 is 6.43. The molecule has 3 aliphatic heterocycles. The number of halogens is 1. The SMILES string of the molecule is CC1(C)N=C(N2CCN(C(=O)[C@H](N)CCCCN3CCCCC3)[C@H](C(=O)NCc3cccc(Cl)c3)C2)OC1c1ccccc1. The largest absolute Gasteiger partial charge is 0.454 e. The lowest BCUT2D eigenvalue weighted by Crippen LogP contribution is -2.63. The number of unbranched alkanes of at least 4 members (excludes halogenated alkanes) is 1. The zero-order valence-electron chi connectivity index (χ0n) is 26.1. The maximum atomic E-state index is 13.7. The van der Waals surface area contributed by atoms with E-state index >= 15 is 0 Å². The molecule has 44 heavy (non-hydrogen) atoms. The molecule has 0 radical (unpaired) electrons. The molecule has 2 aromatic carbocycles. The van der Waals surface area contributed by atoms with Gasteiger partial charge in [0.05, 0.1) is 12.6 Å². The van der Waals surface area contributed by atoms with E-state index in [0.29, 0.717) is 37.1 Å². The van der Waals surface area contributed by atoms with Gasteiger partial charge in [0.1, 0.15) is 11.6 Å². The number of nitrogens with one attached hydrogen (secondary N) is 1. The molecule has 0 saturated carbocycles. The Morgan fingerprint density at radius 1 is 1.05 bits per heavy atom. The highest BCUT2D eigenvalue weighted by Crippen LogP contribution is 2.38. The van der Waals surface area contributed by atoms with Crippen molar-refractivity contribution in [2.24, 2.45) is 10.7 Å². The van der Waals surface area contributed by atoms with Crippen molar-refractivity contribution < 1.29 is 14.3 Å². The fourth-order valence-corrected chi connectivity index (χ4v) is 6.66. The zero-order chi connectivity index (χ0) is 31.1. The standard InChI is InChI=1S/C34H47ClN6O3/c1-34(2)30(26-13-5-3-6-14-26)44-33(38-34)40-20-21-41(29(24-40)31(42)37-23-25-12-11-15-27(35)22-25)32(43)28(36)16-7-10-19-39-17-8-4-9-18-39/h3,5-6,11-15,22,28-30H,4,7-10,16-21,23-24,36H2,1-2H3,(H,37,42)/t28-,29+,30?/m1/s1. The van der Waals surface area contributed by atoms with Crippen LogP contribution in [-0.2, 0) is 20.9 Å². The Balaban J connectivity index is 1.25. The van der Waals surface area contributed by atoms with E-state index in [-0.39, 0.29) is 24.5 Å². The minimum Gasteiger partial charge on any atom is -0.454 e. The van der Waals surface area contributed by atoms with Crippen LogP contribution in [0.15, 0.2) is 59.6 Å². The molecule has 3 aliphatic rings. The Morgan fingerprint density at radius 3 is 2.57 bits per heavy atom. The first-order chi connectivity index (χ1) is 21.2. The lowest BCUT2D eigenvalue weighted by atomic mass is 9.93. The molecule has 2 saturated heterocycles. The van der Waals surface area contributed by atoms with Crippen molar-refractivity contribution in [1.29, 1.82) is 0 Å². The molecule has 3 N–H and O–H groups in total. The molecule has 0 aromatic heterocycles. The summed E-state index contributed by atoms with van der Waals surface area (Å²) >= 11 is 6.16. The summed E-state index contributed by atoms with van der Waals surface area (Å²) in [6.45, 7) is 8.92. The second-order valence-corrected chi connectivity index (χ2v) is 13.2. The Morgan fingerprint density at radius 2 is 1.82 bits per heavy atom. The van der Waals surface area contributed by atoms with Gasteiger partial charge in [0.25, 0.3) is 6.02 Å². The van der Waals surface area contributed by atoms with Crippen LogP contribution in [0, 0.1) is 0 Å². The van der Waals surface area contributed by atoms with E-state index in [2.05, 4.69) is 24.1 Å². The van der Waals surface area contributed by atoms with Crippen LogP contribution in [0.5, 0.6) is 0 Å². The topological polar surface area (TPSA) is 103 Å². The fraction of sp³-hybridized carbons (Fsp3) is 0.559. The highest BCUT2D eigenvalue weighted by Gasteiger charge is 2.44. The number of piperazine rings is 1. The lowest BCUT2D eigenvalue weighted by Gasteiger charge is -2.41. The zero-order valence-corrected chi connectivity index (χ0v) is 26.8. The Hall–Kier alpha value is -3.14. The third kappa shape index (κ3) is 8.11. The number of amidine groups is 1. The second kappa shape index (κ2) is 14.8. The van der Waals surface area contributed by atoms with Crippen LogP contribution in [0.25, 0.3) is 0 Å². The number of nitrogens with zero attached hydrogens (tertiary/aromatic N) is 4. The first-order valence-corrected chi connectivity index (χ1v) is 16.5. The number of hydrogen-bond acceptors (Lipinski definition) is 7. The van der Waals surface area contributed by atoms with Crippen molar-refractivity contribution in [3.63, 3.8) is 0 Å². The number of nitrogens with two attached hydrogens (primary N) is 1. The fourth-order valence-electron chi connectivity index (χ4n) is 6.45. The second-order valence-electron chi connectivity index (χ2n) is 12.8.